The number of rotatable bonds is 5. The van der Waals surface area contributed by atoms with Gasteiger partial charge < -0.3 is 4.74 Å². The Morgan fingerprint density at radius 1 is 1.17 bits per heavy atom. The Bertz CT molecular complexity index is 1230. The van der Waals surface area contributed by atoms with E-state index in [-0.39, 0.29) is 12.5 Å². The zero-order valence-corrected chi connectivity index (χ0v) is 18.6. The second-order valence-corrected chi connectivity index (χ2v) is 8.42. The van der Waals surface area contributed by atoms with Gasteiger partial charge in [0.15, 0.2) is 5.13 Å². The summed E-state index contributed by atoms with van der Waals surface area (Å²) < 4.78 is 6.42. The fourth-order valence-electron chi connectivity index (χ4n) is 3.07. The molecule has 0 unspecified atom stereocenters. The summed E-state index contributed by atoms with van der Waals surface area (Å²) in [6, 6.07) is 14.2. The van der Waals surface area contributed by atoms with Crippen LogP contribution in [0.15, 0.2) is 54.7 Å². The summed E-state index contributed by atoms with van der Waals surface area (Å²) in [4.78, 5) is 24.2. The van der Waals surface area contributed by atoms with Gasteiger partial charge in [0, 0.05) is 11.2 Å². The second-order valence-electron chi connectivity index (χ2n) is 6.60. The van der Waals surface area contributed by atoms with E-state index in [1.165, 1.54) is 11.3 Å². The Hall–Kier alpha value is -2.67. The zero-order chi connectivity index (χ0) is 21.3. The third-order valence-electron chi connectivity index (χ3n) is 4.59. The highest BCUT2D eigenvalue weighted by molar-refractivity contribution is 7.22. The predicted octanol–water partition coefficient (Wildman–Crippen LogP) is 6.16. The summed E-state index contributed by atoms with van der Waals surface area (Å²) in [5.41, 5.74) is 2.81. The standard InChI is InChI=1S/C22H17Cl2N3O2S/c1-13-6-9-18(29-2)19-20(13)30-22(26-19)27(12-15-5-3-4-10-25-15)21(28)16-11-14(23)7-8-17(16)24/h3-11H,12H2,1-2H3. The van der Waals surface area contributed by atoms with Crippen molar-refractivity contribution in [1.82, 2.24) is 9.97 Å². The van der Waals surface area contributed by atoms with Gasteiger partial charge in [0.2, 0.25) is 0 Å². The molecule has 0 saturated heterocycles. The van der Waals surface area contributed by atoms with Crippen molar-refractivity contribution in [1.29, 1.82) is 0 Å². The van der Waals surface area contributed by atoms with Gasteiger partial charge in [-0.2, -0.15) is 0 Å². The average molecular weight is 458 g/mol. The number of benzene rings is 2. The molecule has 0 aliphatic carbocycles. The number of thiazole rings is 1. The SMILES string of the molecule is COc1ccc(C)c2sc(N(Cc3ccccn3)C(=O)c3cc(Cl)ccc3Cl)nc12. The molecule has 0 N–H and O–H groups in total. The number of halogens is 2. The van der Waals surface area contributed by atoms with Gasteiger partial charge in [0.1, 0.15) is 11.3 Å². The summed E-state index contributed by atoms with van der Waals surface area (Å²) in [6.45, 7) is 2.24. The summed E-state index contributed by atoms with van der Waals surface area (Å²) >= 11 is 13.9. The van der Waals surface area contributed by atoms with Crippen LogP contribution in [0.4, 0.5) is 5.13 Å². The van der Waals surface area contributed by atoms with Crippen LogP contribution >= 0.6 is 34.5 Å². The number of aryl methyl sites for hydroxylation is 1. The molecular formula is C22H17Cl2N3O2S. The van der Waals surface area contributed by atoms with Crippen LogP contribution in [-0.4, -0.2) is 23.0 Å². The molecule has 0 saturated carbocycles. The third kappa shape index (κ3) is 3.99. The molecule has 0 aliphatic rings. The van der Waals surface area contributed by atoms with Gasteiger partial charge in [0.05, 0.1) is 34.6 Å². The minimum atomic E-state index is -0.302. The quantitative estimate of drug-likeness (QED) is 0.359. The molecule has 0 atom stereocenters. The number of pyridine rings is 1. The first-order chi connectivity index (χ1) is 14.5. The van der Waals surface area contributed by atoms with Crippen LogP contribution in [0.2, 0.25) is 10.0 Å². The molecule has 0 fully saturated rings. The Morgan fingerprint density at radius 2 is 2.00 bits per heavy atom. The monoisotopic (exact) mass is 457 g/mol. The highest BCUT2D eigenvalue weighted by atomic mass is 35.5. The topological polar surface area (TPSA) is 55.3 Å². The Morgan fingerprint density at radius 3 is 2.73 bits per heavy atom. The number of anilines is 1. The minimum Gasteiger partial charge on any atom is -0.494 e. The molecule has 1 amide bonds. The van der Waals surface area contributed by atoms with Crippen molar-refractivity contribution in [2.45, 2.75) is 13.5 Å². The Labute approximate surface area is 187 Å². The van der Waals surface area contributed by atoms with Crippen LogP contribution in [0, 0.1) is 6.92 Å². The van der Waals surface area contributed by atoms with Gasteiger partial charge in [-0.3, -0.25) is 14.7 Å². The normalized spacial score (nSPS) is 10.9. The highest BCUT2D eigenvalue weighted by Crippen LogP contribution is 2.37. The van der Waals surface area contributed by atoms with Crippen LogP contribution in [0.5, 0.6) is 5.75 Å². The number of aromatic nitrogens is 2. The molecule has 30 heavy (non-hydrogen) atoms. The van der Waals surface area contributed by atoms with Crippen LogP contribution in [0.3, 0.4) is 0 Å². The molecule has 0 bridgehead atoms. The molecule has 152 valence electrons. The van der Waals surface area contributed by atoms with Gasteiger partial charge in [-0.15, -0.1) is 0 Å². The molecule has 2 heterocycles. The number of carbonyl (C=O) groups is 1. The number of fused-ring (bicyclic) bond motifs is 1. The van der Waals surface area contributed by atoms with Gasteiger partial charge in [-0.25, -0.2) is 4.98 Å². The molecule has 4 rings (SSSR count). The maximum Gasteiger partial charge on any atom is 0.262 e. The second kappa shape index (κ2) is 8.60. The van der Waals surface area contributed by atoms with Crippen LogP contribution in [0.25, 0.3) is 10.2 Å². The van der Waals surface area contributed by atoms with Gasteiger partial charge >= 0.3 is 0 Å². The molecule has 0 spiro atoms. The molecule has 0 radical (unpaired) electrons. The van der Waals surface area contributed by atoms with Gasteiger partial charge in [0.25, 0.3) is 5.91 Å². The van der Waals surface area contributed by atoms with Crippen molar-refractivity contribution in [2.75, 3.05) is 12.0 Å². The van der Waals surface area contributed by atoms with Crippen LogP contribution in [0.1, 0.15) is 21.6 Å². The molecule has 4 aromatic rings. The molecule has 2 aromatic heterocycles. The number of methoxy groups -OCH3 is 1. The van der Waals surface area contributed by atoms with E-state index in [1.807, 2.05) is 37.3 Å². The summed E-state index contributed by atoms with van der Waals surface area (Å²) in [7, 11) is 1.60. The van der Waals surface area contributed by atoms with Crippen molar-refractivity contribution in [3.05, 3.63) is 81.6 Å². The number of carbonyl (C=O) groups excluding carboxylic acids is 1. The summed E-state index contributed by atoms with van der Waals surface area (Å²) in [6.07, 6.45) is 1.69. The predicted molar refractivity (Wildman–Crippen MR) is 122 cm³/mol. The number of nitrogens with zero attached hydrogens (tertiary/aromatic N) is 3. The van der Waals surface area contributed by atoms with Crippen molar-refractivity contribution in [3.63, 3.8) is 0 Å². The van der Waals surface area contributed by atoms with Crippen molar-refractivity contribution in [2.24, 2.45) is 0 Å². The van der Waals surface area contributed by atoms with Crippen molar-refractivity contribution < 1.29 is 9.53 Å². The van der Waals surface area contributed by atoms with Crippen molar-refractivity contribution >= 4 is 55.8 Å². The van der Waals surface area contributed by atoms with Gasteiger partial charge in [-0.1, -0.05) is 46.7 Å². The first kappa shape index (κ1) is 20.6. The Balaban J connectivity index is 1.85. The highest BCUT2D eigenvalue weighted by Gasteiger charge is 2.25. The third-order valence-corrected chi connectivity index (χ3v) is 6.37. The van der Waals surface area contributed by atoms with Crippen LogP contribution in [-0.2, 0) is 6.54 Å². The molecule has 5 nitrogen and oxygen atoms in total. The number of ether oxygens (including phenoxy) is 1. The number of amides is 1. The first-order valence-corrected chi connectivity index (χ1v) is 10.7. The van der Waals surface area contributed by atoms with Crippen molar-refractivity contribution in [3.8, 4) is 5.75 Å². The fourth-order valence-corrected chi connectivity index (χ4v) is 4.48. The van der Waals surface area contributed by atoms with E-state index in [9.17, 15) is 4.79 Å². The largest absolute Gasteiger partial charge is 0.494 e. The number of hydrogen-bond acceptors (Lipinski definition) is 5. The lowest BCUT2D eigenvalue weighted by Gasteiger charge is -2.20. The van der Waals surface area contributed by atoms with E-state index in [0.717, 1.165) is 16.0 Å². The lowest BCUT2D eigenvalue weighted by molar-refractivity contribution is 0.0985. The van der Waals surface area contributed by atoms with Crippen LogP contribution < -0.4 is 9.64 Å². The van der Waals surface area contributed by atoms with Gasteiger partial charge in [-0.05, 0) is 48.9 Å². The molecule has 0 aliphatic heterocycles. The fraction of sp³-hybridized carbons (Fsp3) is 0.136. The van der Waals surface area contributed by atoms with E-state index in [1.54, 1.807) is 36.4 Å². The maximum absolute atomic E-state index is 13.5. The number of hydrogen-bond donors (Lipinski definition) is 0. The first-order valence-electron chi connectivity index (χ1n) is 9.09. The van der Waals surface area contributed by atoms with E-state index in [0.29, 0.717) is 32.0 Å². The van der Waals surface area contributed by atoms with E-state index in [2.05, 4.69) is 4.98 Å². The summed E-state index contributed by atoms with van der Waals surface area (Å²) in [5.74, 6) is 0.355. The smallest absolute Gasteiger partial charge is 0.262 e. The molecule has 2 aromatic carbocycles. The maximum atomic E-state index is 13.5. The zero-order valence-electron chi connectivity index (χ0n) is 16.2. The molecular weight excluding hydrogens is 441 g/mol. The Kier molecular flexibility index (Phi) is 5.90. The molecule has 8 heteroatoms. The lowest BCUT2D eigenvalue weighted by atomic mass is 10.2. The average Bonchev–Trinajstić information content (AvgIpc) is 3.20. The lowest BCUT2D eigenvalue weighted by Crippen LogP contribution is -2.31. The van der Waals surface area contributed by atoms with E-state index in [4.69, 9.17) is 32.9 Å². The summed E-state index contributed by atoms with van der Waals surface area (Å²) in [5, 5.41) is 1.29. The van der Waals surface area contributed by atoms with E-state index >= 15 is 0 Å². The minimum absolute atomic E-state index is 0.240. The van der Waals surface area contributed by atoms with E-state index < -0.39 is 0 Å².